The van der Waals surface area contributed by atoms with Gasteiger partial charge in [-0.05, 0) is 36.8 Å². The number of carbonyl (C=O) groups is 1. The second-order valence-electron chi connectivity index (χ2n) is 5.09. The number of nitrogens with zero attached hydrogens (tertiary/aromatic N) is 1. The maximum Gasteiger partial charge on any atom is 0.263 e. The molecule has 1 amide bonds. The molecule has 0 aliphatic heterocycles. The van der Waals surface area contributed by atoms with Gasteiger partial charge in [-0.1, -0.05) is 18.5 Å². The number of nitrogens with one attached hydrogen (secondary N) is 2. The number of ether oxygens (including phenoxy) is 1. The molecule has 0 radical (unpaired) electrons. The summed E-state index contributed by atoms with van der Waals surface area (Å²) in [5.41, 5.74) is 0.142. The van der Waals surface area contributed by atoms with Crippen LogP contribution >= 0.6 is 11.6 Å². The highest BCUT2D eigenvalue weighted by atomic mass is 35.5. The van der Waals surface area contributed by atoms with Crippen molar-refractivity contribution in [3.63, 3.8) is 0 Å². The molecule has 0 fully saturated rings. The molecule has 9 heteroatoms. The van der Waals surface area contributed by atoms with Crippen molar-refractivity contribution in [1.82, 2.24) is 10.3 Å². The minimum absolute atomic E-state index is 0.0771. The molecule has 134 valence electrons. The predicted octanol–water partition coefficient (Wildman–Crippen LogP) is 2.68. The van der Waals surface area contributed by atoms with Gasteiger partial charge in [-0.15, -0.1) is 0 Å². The number of hydrogen-bond donors (Lipinski definition) is 2. The number of rotatable bonds is 7. The van der Waals surface area contributed by atoms with E-state index in [4.69, 9.17) is 16.3 Å². The molecular formula is C16H18ClN3O4S. The fraction of sp³-hybridized carbons (Fsp3) is 0.250. The molecule has 1 aromatic carbocycles. The van der Waals surface area contributed by atoms with E-state index >= 15 is 0 Å². The van der Waals surface area contributed by atoms with Crippen LogP contribution in [0.3, 0.4) is 0 Å². The third-order valence-corrected chi connectivity index (χ3v) is 4.80. The van der Waals surface area contributed by atoms with Crippen LogP contribution in [0, 0.1) is 0 Å². The molecule has 7 nitrogen and oxygen atoms in total. The van der Waals surface area contributed by atoms with E-state index in [9.17, 15) is 13.2 Å². The van der Waals surface area contributed by atoms with Gasteiger partial charge in [0.05, 0.1) is 22.6 Å². The van der Waals surface area contributed by atoms with E-state index in [2.05, 4.69) is 15.0 Å². The van der Waals surface area contributed by atoms with Crippen molar-refractivity contribution in [1.29, 1.82) is 0 Å². The second-order valence-corrected chi connectivity index (χ2v) is 7.20. The van der Waals surface area contributed by atoms with Gasteiger partial charge in [-0.3, -0.25) is 9.52 Å². The van der Waals surface area contributed by atoms with Gasteiger partial charge < -0.3 is 10.1 Å². The standard InChI is InChI=1S/C16H18ClN3O4S/c1-3-8-18-16(21)13-9-12(5-6-14(13)24-2)25(22,23)20-15-7-4-11(17)10-19-15/h4-7,9-10H,3,8H2,1-2H3,(H,18,21)(H,19,20). The quantitative estimate of drug-likeness (QED) is 0.766. The number of hydrogen-bond acceptors (Lipinski definition) is 5. The molecule has 0 saturated heterocycles. The van der Waals surface area contributed by atoms with Gasteiger partial charge in [0.1, 0.15) is 11.6 Å². The Morgan fingerprint density at radius 3 is 2.64 bits per heavy atom. The summed E-state index contributed by atoms with van der Waals surface area (Å²) in [4.78, 5) is 16.0. The van der Waals surface area contributed by atoms with E-state index in [1.54, 1.807) is 0 Å². The van der Waals surface area contributed by atoms with Gasteiger partial charge >= 0.3 is 0 Å². The van der Waals surface area contributed by atoms with Crippen molar-refractivity contribution < 1.29 is 17.9 Å². The molecular weight excluding hydrogens is 366 g/mol. The van der Waals surface area contributed by atoms with E-state index in [1.807, 2.05) is 6.92 Å². The first-order valence-corrected chi connectivity index (χ1v) is 9.34. The van der Waals surface area contributed by atoms with Gasteiger partial charge in [0.2, 0.25) is 0 Å². The lowest BCUT2D eigenvalue weighted by atomic mass is 10.2. The Labute approximate surface area is 151 Å². The Morgan fingerprint density at radius 2 is 2.04 bits per heavy atom. The number of halogens is 1. The summed E-state index contributed by atoms with van der Waals surface area (Å²) in [7, 11) is -2.51. The Morgan fingerprint density at radius 1 is 1.28 bits per heavy atom. The van der Waals surface area contributed by atoms with Crippen molar-refractivity contribution >= 4 is 33.3 Å². The van der Waals surface area contributed by atoms with Crippen LogP contribution in [0.15, 0.2) is 41.4 Å². The molecule has 2 rings (SSSR count). The lowest BCUT2D eigenvalue weighted by molar-refractivity contribution is 0.0950. The first-order chi connectivity index (χ1) is 11.9. The van der Waals surface area contributed by atoms with Crippen molar-refractivity contribution in [2.75, 3.05) is 18.4 Å². The first kappa shape index (κ1) is 19.0. The third kappa shape index (κ3) is 4.83. The lowest BCUT2D eigenvalue weighted by Gasteiger charge is -2.12. The zero-order chi connectivity index (χ0) is 18.4. The number of methoxy groups -OCH3 is 1. The SMILES string of the molecule is CCCNC(=O)c1cc(S(=O)(=O)Nc2ccc(Cl)cn2)ccc1OC. The van der Waals surface area contributed by atoms with Gasteiger partial charge in [-0.25, -0.2) is 13.4 Å². The maximum absolute atomic E-state index is 12.5. The summed E-state index contributed by atoms with van der Waals surface area (Å²) in [6.07, 6.45) is 2.09. The molecule has 0 saturated carbocycles. The Balaban J connectivity index is 2.34. The molecule has 1 heterocycles. The molecule has 0 atom stereocenters. The monoisotopic (exact) mass is 383 g/mol. The zero-order valence-electron chi connectivity index (χ0n) is 13.7. The predicted molar refractivity (Wildman–Crippen MR) is 95.7 cm³/mol. The van der Waals surface area contributed by atoms with Gasteiger partial charge in [0.25, 0.3) is 15.9 Å². The molecule has 2 aromatic rings. The number of benzene rings is 1. The van der Waals surface area contributed by atoms with E-state index < -0.39 is 15.9 Å². The highest BCUT2D eigenvalue weighted by Gasteiger charge is 2.20. The van der Waals surface area contributed by atoms with Gasteiger partial charge in [0.15, 0.2) is 0 Å². The molecule has 0 aliphatic carbocycles. The first-order valence-electron chi connectivity index (χ1n) is 7.48. The van der Waals surface area contributed by atoms with E-state index in [1.165, 1.54) is 43.6 Å². The van der Waals surface area contributed by atoms with E-state index in [-0.39, 0.29) is 22.0 Å². The van der Waals surface area contributed by atoms with Crippen LogP contribution in [-0.2, 0) is 10.0 Å². The van der Waals surface area contributed by atoms with Crippen LogP contribution < -0.4 is 14.8 Å². The summed E-state index contributed by atoms with van der Waals surface area (Å²) >= 11 is 5.73. The molecule has 0 spiro atoms. The van der Waals surface area contributed by atoms with Gasteiger partial charge in [-0.2, -0.15) is 0 Å². The fourth-order valence-corrected chi connectivity index (χ4v) is 3.14. The van der Waals surface area contributed by atoms with Crippen LogP contribution in [0.5, 0.6) is 5.75 Å². The molecule has 2 N–H and O–H groups in total. The molecule has 0 unspecified atom stereocenters. The zero-order valence-corrected chi connectivity index (χ0v) is 15.3. The summed E-state index contributed by atoms with van der Waals surface area (Å²) in [5.74, 6) is 0.00902. The number of amides is 1. The Bertz CT molecular complexity index is 854. The molecule has 1 aromatic heterocycles. The molecule has 0 aliphatic rings. The number of pyridine rings is 1. The van der Waals surface area contributed by atoms with Crippen molar-refractivity contribution in [2.45, 2.75) is 18.2 Å². The number of sulfonamides is 1. The lowest BCUT2D eigenvalue weighted by Crippen LogP contribution is -2.25. The number of aromatic nitrogens is 1. The third-order valence-electron chi connectivity index (χ3n) is 3.23. The largest absolute Gasteiger partial charge is 0.496 e. The van der Waals surface area contributed by atoms with Crippen LogP contribution in [-0.4, -0.2) is 33.0 Å². The summed E-state index contributed by atoms with van der Waals surface area (Å²) in [6, 6.07) is 7.02. The van der Waals surface area contributed by atoms with E-state index in [0.717, 1.165) is 6.42 Å². The van der Waals surface area contributed by atoms with Gasteiger partial charge in [0, 0.05) is 12.7 Å². The van der Waals surface area contributed by atoms with Crippen molar-refractivity contribution in [2.24, 2.45) is 0 Å². The van der Waals surface area contributed by atoms with E-state index in [0.29, 0.717) is 11.6 Å². The van der Waals surface area contributed by atoms with Crippen molar-refractivity contribution in [3.8, 4) is 5.75 Å². The van der Waals surface area contributed by atoms with Crippen LogP contribution in [0.4, 0.5) is 5.82 Å². The molecule has 0 bridgehead atoms. The average molecular weight is 384 g/mol. The maximum atomic E-state index is 12.5. The second kappa shape index (κ2) is 8.17. The summed E-state index contributed by atoms with van der Waals surface area (Å²) in [6.45, 7) is 2.40. The Kier molecular flexibility index (Phi) is 6.22. The average Bonchev–Trinajstić information content (AvgIpc) is 2.60. The summed E-state index contributed by atoms with van der Waals surface area (Å²) < 4.78 is 32.5. The number of carbonyl (C=O) groups excluding carboxylic acids is 1. The van der Waals surface area contributed by atoms with Crippen LogP contribution in [0.1, 0.15) is 23.7 Å². The fourth-order valence-electron chi connectivity index (χ4n) is 2.00. The highest BCUT2D eigenvalue weighted by Crippen LogP contribution is 2.24. The van der Waals surface area contributed by atoms with Crippen LogP contribution in [0.2, 0.25) is 5.02 Å². The highest BCUT2D eigenvalue weighted by molar-refractivity contribution is 7.92. The van der Waals surface area contributed by atoms with Crippen LogP contribution in [0.25, 0.3) is 0 Å². The topological polar surface area (TPSA) is 97.4 Å². The summed E-state index contributed by atoms with van der Waals surface area (Å²) in [5, 5.41) is 3.09. The normalized spacial score (nSPS) is 11.0. The Hall–Kier alpha value is -2.32. The molecule has 25 heavy (non-hydrogen) atoms. The number of anilines is 1. The minimum Gasteiger partial charge on any atom is -0.496 e. The minimum atomic E-state index is -3.92. The smallest absolute Gasteiger partial charge is 0.263 e. The van der Waals surface area contributed by atoms with Crippen molar-refractivity contribution in [3.05, 3.63) is 47.1 Å².